The van der Waals surface area contributed by atoms with Gasteiger partial charge in [-0.2, -0.15) is 0 Å². The molecular weight excluding hydrogens is 695 g/mol. The molecule has 0 spiro atoms. The van der Waals surface area contributed by atoms with Crippen LogP contribution in [0.25, 0.3) is 22.3 Å². The number of nitrogens with one attached hydrogen (secondary N) is 1. The Labute approximate surface area is 319 Å². The maximum atomic E-state index is 14.6. The number of nitrogens with two attached hydrogens (primary N) is 1. The van der Waals surface area contributed by atoms with Gasteiger partial charge in [0.2, 0.25) is 0 Å². The number of hydrogen-bond donors (Lipinski definition) is 3. The van der Waals surface area contributed by atoms with E-state index in [1.54, 1.807) is 30.3 Å². The molecule has 0 saturated heterocycles. The first-order valence-electron chi connectivity index (χ1n) is 18.6. The van der Waals surface area contributed by atoms with Crippen molar-refractivity contribution in [3.05, 3.63) is 155 Å². The molecule has 4 N–H and O–H groups in total. The van der Waals surface area contributed by atoms with Crippen LogP contribution in [0, 0.1) is 0 Å². The summed E-state index contributed by atoms with van der Waals surface area (Å²) in [7, 11) is 0. The van der Waals surface area contributed by atoms with Crippen molar-refractivity contribution >= 4 is 24.1 Å². The molecule has 10 heteroatoms. The lowest BCUT2D eigenvalue weighted by molar-refractivity contribution is -0.149. The molecule has 55 heavy (non-hydrogen) atoms. The molecular formula is C45H43N3O7. The number of nitrogens with zero attached hydrogens (tertiary/aromatic N) is 1. The Kier molecular flexibility index (Phi) is 11.3. The number of aliphatic carboxylic acids is 1. The zero-order chi connectivity index (χ0) is 38.3. The summed E-state index contributed by atoms with van der Waals surface area (Å²) in [4.78, 5) is 56.0. The number of fused-ring (bicyclic) bond motifs is 6. The van der Waals surface area contributed by atoms with Gasteiger partial charge in [-0.25, -0.2) is 19.3 Å². The van der Waals surface area contributed by atoms with Gasteiger partial charge in [0.05, 0.1) is 0 Å². The lowest BCUT2D eigenvalue weighted by atomic mass is 9.98. The summed E-state index contributed by atoms with van der Waals surface area (Å²) in [6.07, 6.45) is -1.11. The molecule has 280 valence electrons. The summed E-state index contributed by atoms with van der Waals surface area (Å²) >= 11 is 0. The second-order valence-corrected chi connectivity index (χ2v) is 13.9. The number of benzene rings is 5. The fourth-order valence-electron chi connectivity index (χ4n) is 7.86. The van der Waals surface area contributed by atoms with E-state index in [1.807, 2.05) is 97.1 Å². The normalized spacial score (nSPS) is 13.8. The van der Waals surface area contributed by atoms with Gasteiger partial charge in [0.25, 0.3) is 5.91 Å². The number of alkyl carbamates (subject to hydrolysis) is 1. The van der Waals surface area contributed by atoms with E-state index in [0.29, 0.717) is 29.8 Å². The molecule has 5 aromatic rings. The number of carboxylic acids is 1. The van der Waals surface area contributed by atoms with Crippen LogP contribution < -0.4 is 11.1 Å². The fourth-order valence-corrected chi connectivity index (χ4v) is 7.86. The number of rotatable bonds is 14. The molecule has 0 bridgehead atoms. The summed E-state index contributed by atoms with van der Waals surface area (Å²) in [6.45, 7) is 0.213. The van der Waals surface area contributed by atoms with E-state index in [4.69, 9.17) is 15.2 Å². The zero-order valence-electron chi connectivity index (χ0n) is 30.3. The van der Waals surface area contributed by atoms with E-state index in [0.717, 1.165) is 44.5 Å². The smallest absolute Gasteiger partial charge is 0.417 e. The molecule has 10 nitrogen and oxygen atoms in total. The second kappa shape index (κ2) is 16.8. The average Bonchev–Trinajstić information content (AvgIpc) is 3.71. The summed E-state index contributed by atoms with van der Waals surface area (Å²) in [5, 5.41) is 13.2. The number of ether oxygens (including phenoxy) is 2. The van der Waals surface area contributed by atoms with Gasteiger partial charge in [-0.3, -0.25) is 4.79 Å². The monoisotopic (exact) mass is 737 g/mol. The minimum absolute atomic E-state index is 0.00538. The number of carbonyl (C=O) groups is 4. The predicted octanol–water partition coefficient (Wildman–Crippen LogP) is 7.50. The minimum atomic E-state index is -1.63. The van der Waals surface area contributed by atoms with E-state index >= 15 is 0 Å². The van der Waals surface area contributed by atoms with Crippen molar-refractivity contribution in [2.75, 3.05) is 19.8 Å². The quantitative estimate of drug-likeness (QED) is 0.0993. The van der Waals surface area contributed by atoms with Gasteiger partial charge < -0.3 is 25.6 Å². The molecule has 0 unspecified atom stereocenters. The number of amides is 3. The van der Waals surface area contributed by atoms with Crippen LogP contribution in [0.3, 0.4) is 0 Å². The highest BCUT2D eigenvalue weighted by Crippen LogP contribution is 2.45. The zero-order valence-corrected chi connectivity index (χ0v) is 30.3. The van der Waals surface area contributed by atoms with E-state index in [1.165, 1.54) is 0 Å². The van der Waals surface area contributed by atoms with Crippen molar-refractivity contribution in [3.63, 3.8) is 0 Å². The number of imide groups is 1. The van der Waals surface area contributed by atoms with E-state index in [9.17, 15) is 24.3 Å². The van der Waals surface area contributed by atoms with Crippen molar-refractivity contribution in [2.24, 2.45) is 5.73 Å². The highest BCUT2D eigenvalue weighted by Gasteiger charge is 2.41. The number of hydrogen-bond acceptors (Lipinski definition) is 7. The van der Waals surface area contributed by atoms with Gasteiger partial charge in [0, 0.05) is 18.3 Å². The largest absolute Gasteiger partial charge is 0.480 e. The van der Waals surface area contributed by atoms with Crippen molar-refractivity contribution in [1.29, 1.82) is 0 Å². The fraction of sp³-hybridized carbons (Fsp3) is 0.244. The number of carbonyl (C=O) groups excluding carboxylic acids is 3. The van der Waals surface area contributed by atoms with Gasteiger partial charge >= 0.3 is 18.2 Å². The molecule has 7 rings (SSSR count). The Morgan fingerprint density at radius 2 is 1.09 bits per heavy atom. The van der Waals surface area contributed by atoms with Crippen LogP contribution in [0.1, 0.15) is 58.9 Å². The molecule has 2 atom stereocenters. The number of unbranched alkanes of at least 4 members (excludes halogenated alkanes) is 1. The standard InChI is InChI=1S/C45H43N3O7/c46-25-13-12-24-40(47-44(52)54-27-38-34-20-8-4-16-30(34)31-17-5-9-21-35(31)38)42(49)48(41(43(50)51)26-29-14-2-1-3-15-29)45(53)55-28-39-36-22-10-6-18-32(36)33-19-7-11-23-37(33)39/h1-11,14-23,38-41H,12-13,24-28,46H2,(H,47,52)(H,50,51)/t40-,41-/m0/s1. The van der Waals surface area contributed by atoms with Crippen molar-refractivity contribution in [3.8, 4) is 22.3 Å². The number of carboxylic acid groups (broad SMARTS) is 1. The molecule has 3 amide bonds. The van der Waals surface area contributed by atoms with Crippen LogP contribution in [-0.4, -0.2) is 65.9 Å². The summed E-state index contributed by atoms with van der Waals surface area (Å²) < 4.78 is 11.7. The maximum Gasteiger partial charge on any atom is 0.417 e. The Bertz CT molecular complexity index is 2100. The third-order valence-electron chi connectivity index (χ3n) is 10.5. The molecule has 2 aliphatic carbocycles. The van der Waals surface area contributed by atoms with Gasteiger partial charge in [-0.1, -0.05) is 127 Å². The molecule has 0 saturated carbocycles. The van der Waals surface area contributed by atoms with Crippen LogP contribution >= 0.6 is 0 Å². The average molecular weight is 738 g/mol. The molecule has 2 aliphatic rings. The topological polar surface area (TPSA) is 148 Å². The summed E-state index contributed by atoms with van der Waals surface area (Å²) in [6, 6.07) is 37.4. The van der Waals surface area contributed by atoms with Gasteiger partial charge in [-0.05, 0) is 75.9 Å². The Morgan fingerprint density at radius 1 is 0.636 bits per heavy atom. The highest BCUT2D eigenvalue weighted by atomic mass is 16.6. The predicted molar refractivity (Wildman–Crippen MR) is 208 cm³/mol. The van der Waals surface area contributed by atoms with Crippen molar-refractivity contribution in [1.82, 2.24) is 10.2 Å². The van der Waals surface area contributed by atoms with Crippen LogP contribution in [0.15, 0.2) is 127 Å². The molecule has 0 aliphatic heterocycles. The Morgan fingerprint density at radius 3 is 1.56 bits per heavy atom. The van der Waals surface area contributed by atoms with Crippen LogP contribution in [0.4, 0.5) is 9.59 Å². The Hall–Kier alpha value is -6.26. The van der Waals surface area contributed by atoms with E-state index in [2.05, 4.69) is 5.32 Å². The molecule has 0 heterocycles. The first kappa shape index (κ1) is 37.1. The highest BCUT2D eigenvalue weighted by molar-refractivity contribution is 6.00. The SMILES string of the molecule is NCCCC[C@H](NC(=O)OCC1c2ccccc2-c2ccccc21)C(=O)N(C(=O)OCC1c2ccccc2-c2ccccc21)[C@@H](Cc1ccccc1)C(=O)O. The first-order chi connectivity index (χ1) is 26.9. The van der Waals surface area contributed by atoms with E-state index in [-0.39, 0.29) is 37.9 Å². The van der Waals surface area contributed by atoms with Crippen molar-refractivity contribution in [2.45, 2.75) is 49.6 Å². The third-order valence-corrected chi connectivity index (χ3v) is 10.5. The van der Waals surface area contributed by atoms with Gasteiger partial charge in [0.1, 0.15) is 25.3 Å². The van der Waals surface area contributed by atoms with Gasteiger partial charge in [-0.15, -0.1) is 0 Å². The molecule has 0 fully saturated rings. The molecule has 0 aromatic heterocycles. The van der Waals surface area contributed by atoms with Gasteiger partial charge in [0.15, 0.2) is 0 Å². The second-order valence-electron chi connectivity index (χ2n) is 13.9. The third kappa shape index (κ3) is 7.86. The maximum absolute atomic E-state index is 14.6. The van der Waals surface area contributed by atoms with Crippen LogP contribution in [0.2, 0.25) is 0 Å². The lowest BCUT2D eigenvalue weighted by Crippen LogP contribution is -2.57. The molecule has 5 aromatic carbocycles. The molecule has 0 radical (unpaired) electrons. The Balaban J connectivity index is 1.14. The van der Waals surface area contributed by atoms with Crippen LogP contribution in [-0.2, 0) is 25.5 Å². The lowest BCUT2D eigenvalue weighted by Gasteiger charge is -2.31. The van der Waals surface area contributed by atoms with Crippen molar-refractivity contribution < 1.29 is 33.8 Å². The summed E-state index contributed by atoms with van der Waals surface area (Å²) in [5.74, 6) is -2.85. The first-order valence-corrected chi connectivity index (χ1v) is 18.6. The van der Waals surface area contributed by atoms with E-state index < -0.39 is 36.1 Å². The van der Waals surface area contributed by atoms with Crippen LogP contribution in [0.5, 0.6) is 0 Å². The minimum Gasteiger partial charge on any atom is -0.480 e. The summed E-state index contributed by atoms with van der Waals surface area (Å²) in [5.41, 5.74) is 14.5.